The SMILES string of the molecule is CCNC(=NCc1ccccc1OC)NCCc1ccc2c(c1)OCO2.I. The largest absolute Gasteiger partial charge is 0.496 e. The second kappa shape index (κ2) is 10.9. The molecule has 0 radical (unpaired) electrons. The van der Waals surface area contributed by atoms with Crippen LogP contribution in [0.2, 0.25) is 0 Å². The average molecular weight is 483 g/mol. The molecule has 0 amide bonds. The van der Waals surface area contributed by atoms with E-state index in [1.807, 2.05) is 36.4 Å². The fourth-order valence-electron chi connectivity index (χ4n) is 2.76. The van der Waals surface area contributed by atoms with Gasteiger partial charge in [0.05, 0.1) is 13.7 Å². The van der Waals surface area contributed by atoms with Gasteiger partial charge in [0.25, 0.3) is 0 Å². The van der Waals surface area contributed by atoms with Gasteiger partial charge in [-0.2, -0.15) is 0 Å². The number of nitrogens with zero attached hydrogens (tertiary/aromatic N) is 1. The summed E-state index contributed by atoms with van der Waals surface area (Å²) in [5.74, 6) is 3.28. The Bertz CT molecular complexity index is 768. The molecule has 1 aliphatic heterocycles. The first-order valence-corrected chi connectivity index (χ1v) is 8.82. The van der Waals surface area contributed by atoms with Gasteiger partial charge in [0.15, 0.2) is 17.5 Å². The molecule has 2 N–H and O–H groups in total. The van der Waals surface area contributed by atoms with E-state index in [1.54, 1.807) is 7.11 Å². The third kappa shape index (κ3) is 5.92. The molecule has 146 valence electrons. The van der Waals surface area contributed by atoms with E-state index in [0.717, 1.165) is 48.3 Å². The summed E-state index contributed by atoms with van der Waals surface area (Å²) in [6.45, 7) is 4.50. The summed E-state index contributed by atoms with van der Waals surface area (Å²) in [6, 6.07) is 14.0. The van der Waals surface area contributed by atoms with Gasteiger partial charge >= 0.3 is 0 Å². The Hall–Kier alpha value is -2.16. The molecule has 27 heavy (non-hydrogen) atoms. The monoisotopic (exact) mass is 483 g/mol. The minimum absolute atomic E-state index is 0. The number of ether oxygens (including phenoxy) is 3. The molecular formula is C20H26IN3O3. The highest BCUT2D eigenvalue weighted by molar-refractivity contribution is 14.0. The molecule has 0 spiro atoms. The van der Waals surface area contributed by atoms with Crippen molar-refractivity contribution in [2.24, 2.45) is 4.99 Å². The van der Waals surface area contributed by atoms with Crippen molar-refractivity contribution in [1.82, 2.24) is 10.6 Å². The van der Waals surface area contributed by atoms with Gasteiger partial charge in [0.2, 0.25) is 6.79 Å². The highest BCUT2D eigenvalue weighted by Crippen LogP contribution is 2.32. The van der Waals surface area contributed by atoms with Gasteiger partial charge in [-0.15, -0.1) is 24.0 Å². The zero-order valence-electron chi connectivity index (χ0n) is 15.7. The fraction of sp³-hybridized carbons (Fsp3) is 0.350. The van der Waals surface area contributed by atoms with Crippen molar-refractivity contribution in [3.8, 4) is 17.2 Å². The highest BCUT2D eigenvalue weighted by Gasteiger charge is 2.13. The zero-order valence-corrected chi connectivity index (χ0v) is 18.0. The molecular weight excluding hydrogens is 457 g/mol. The molecule has 0 saturated carbocycles. The Balaban J connectivity index is 0.00000261. The van der Waals surface area contributed by atoms with Crippen LogP contribution in [-0.2, 0) is 13.0 Å². The Labute approximate surface area is 177 Å². The van der Waals surface area contributed by atoms with Crippen LogP contribution in [0.3, 0.4) is 0 Å². The molecule has 0 unspecified atom stereocenters. The van der Waals surface area contributed by atoms with E-state index in [9.17, 15) is 0 Å². The van der Waals surface area contributed by atoms with E-state index in [4.69, 9.17) is 14.2 Å². The third-order valence-electron chi connectivity index (χ3n) is 4.09. The summed E-state index contributed by atoms with van der Waals surface area (Å²) in [4.78, 5) is 4.65. The van der Waals surface area contributed by atoms with Crippen LogP contribution in [-0.4, -0.2) is 33.0 Å². The lowest BCUT2D eigenvalue weighted by Crippen LogP contribution is -2.38. The molecule has 3 rings (SSSR count). The number of halogens is 1. The van der Waals surface area contributed by atoms with Crippen LogP contribution in [0.5, 0.6) is 17.2 Å². The van der Waals surface area contributed by atoms with E-state index in [1.165, 1.54) is 5.56 Å². The number of fused-ring (bicyclic) bond motifs is 1. The molecule has 2 aromatic carbocycles. The van der Waals surface area contributed by atoms with Gasteiger partial charge in [-0.3, -0.25) is 0 Å². The van der Waals surface area contributed by atoms with Gasteiger partial charge in [-0.1, -0.05) is 24.3 Å². The Morgan fingerprint density at radius 3 is 2.74 bits per heavy atom. The maximum absolute atomic E-state index is 5.42. The Kier molecular flexibility index (Phi) is 8.50. The van der Waals surface area contributed by atoms with Gasteiger partial charge in [0, 0.05) is 18.7 Å². The normalized spacial score (nSPS) is 12.3. The van der Waals surface area contributed by atoms with Crippen molar-refractivity contribution < 1.29 is 14.2 Å². The van der Waals surface area contributed by atoms with Crippen molar-refractivity contribution in [3.05, 3.63) is 53.6 Å². The van der Waals surface area contributed by atoms with Crippen LogP contribution in [0.1, 0.15) is 18.1 Å². The van der Waals surface area contributed by atoms with E-state index < -0.39 is 0 Å². The first-order chi connectivity index (χ1) is 12.8. The van der Waals surface area contributed by atoms with Gasteiger partial charge in [-0.05, 0) is 37.1 Å². The van der Waals surface area contributed by atoms with Crippen LogP contribution in [0, 0.1) is 0 Å². The molecule has 6 nitrogen and oxygen atoms in total. The zero-order chi connectivity index (χ0) is 18.2. The van der Waals surface area contributed by atoms with Crippen molar-refractivity contribution >= 4 is 29.9 Å². The number of nitrogens with one attached hydrogen (secondary N) is 2. The average Bonchev–Trinajstić information content (AvgIpc) is 3.14. The highest BCUT2D eigenvalue weighted by atomic mass is 127. The molecule has 0 bridgehead atoms. The van der Waals surface area contributed by atoms with Crippen LogP contribution in [0.4, 0.5) is 0 Å². The number of hydrogen-bond donors (Lipinski definition) is 2. The summed E-state index contributed by atoms with van der Waals surface area (Å²) in [7, 11) is 1.68. The fourth-order valence-corrected chi connectivity index (χ4v) is 2.76. The molecule has 7 heteroatoms. The van der Waals surface area contributed by atoms with Crippen molar-refractivity contribution in [1.29, 1.82) is 0 Å². The molecule has 0 aliphatic carbocycles. The maximum Gasteiger partial charge on any atom is 0.231 e. The lowest BCUT2D eigenvalue weighted by molar-refractivity contribution is 0.174. The number of rotatable bonds is 7. The number of guanidine groups is 1. The van der Waals surface area contributed by atoms with E-state index in [2.05, 4.69) is 28.6 Å². The Morgan fingerprint density at radius 2 is 1.93 bits per heavy atom. The Morgan fingerprint density at radius 1 is 1.11 bits per heavy atom. The van der Waals surface area contributed by atoms with Crippen LogP contribution < -0.4 is 24.8 Å². The lowest BCUT2D eigenvalue weighted by atomic mass is 10.1. The van der Waals surface area contributed by atoms with Gasteiger partial charge < -0.3 is 24.8 Å². The van der Waals surface area contributed by atoms with E-state index in [-0.39, 0.29) is 24.0 Å². The van der Waals surface area contributed by atoms with E-state index >= 15 is 0 Å². The van der Waals surface area contributed by atoms with Crippen LogP contribution in [0.15, 0.2) is 47.5 Å². The predicted octanol–water partition coefficient (Wildman–Crippen LogP) is 3.34. The lowest BCUT2D eigenvalue weighted by Gasteiger charge is -2.12. The summed E-state index contributed by atoms with van der Waals surface area (Å²) in [5, 5.41) is 6.64. The molecule has 2 aromatic rings. The molecule has 0 fully saturated rings. The van der Waals surface area contributed by atoms with Gasteiger partial charge in [0.1, 0.15) is 5.75 Å². The van der Waals surface area contributed by atoms with Crippen LogP contribution in [0.25, 0.3) is 0 Å². The summed E-state index contributed by atoms with van der Waals surface area (Å²) < 4.78 is 16.1. The minimum Gasteiger partial charge on any atom is -0.496 e. The molecule has 0 aromatic heterocycles. The molecule has 1 aliphatic rings. The van der Waals surface area contributed by atoms with Crippen LogP contribution >= 0.6 is 24.0 Å². The first kappa shape index (κ1) is 21.1. The number of aliphatic imine (C=N–C) groups is 1. The quantitative estimate of drug-likeness (QED) is 0.360. The molecule has 0 atom stereocenters. The number of benzene rings is 2. The second-order valence-electron chi connectivity index (χ2n) is 5.87. The second-order valence-corrected chi connectivity index (χ2v) is 5.87. The first-order valence-electron chi connectivity index (χ1n) is 8.82. The third-order valence-corrected chi connectivity index (χ3v) is 4.09. The van der Waals surface area contributed by atoms with Gasteiger partial charge in [-0.25, -0.2) is 4.99 Å². The number of methoxy groups -OCH3 is 1. The molecule has 0 saturated heterocycles. The topological polar surface area (TPSA) is 64.1 Å². The number of para-hydroxylation sites is 1. The summed E-state index contributed by atoms with van der Waals surface area (Å²) in [6.07, 6.45) is 0.871. The van der Waals surface area contributed by atoms with Crippen molar-refractivity contribution in [2.45, 2.75) is 19.9 Å². The number of hydrogen-bond acceptors (Lipinski definition) is 4. The standard InChI is InChI=1S/C20H25N3O3.HI/c1-3-21-20(23-13-16-6-4-5-7-17(16)24-2)22-11-10-15-8-9-18-19(12-15)26-14-25-18;/h4-9,12H,3,10-11,13-14H2,1-2H3,(H2,21,22,23);1H. The smallest absolute Gasteiger partial charge is 0.231 e. The summed E-state index contributed by atoms with van der Waals surface area (Å²) >= 11 is 0. The predicted molar refractivity (Wildman–Crippen MR) is 117 cm³/mol. The summed E-state index contributed by atoms with van der Waals surface area (Å²) in [5.41, 5.74) is 2.25. The minimum atomic E-state index is 0. The van der Waals surface area contributed by atoms with E-state index in [0.29, 0.717) is 13.3 Å². The maximum atomic E-state index is 5.42. The van der Waals surface area contributed by atoms with Crippen molar-refractivity contribution in [2.75, 3.05) is 27.0 Å². The molecule has 1 heterocycles. The van der Waals surface area contributed by atoms with Crippen molar-refractivity contribution in [3.63, 3.8) is 0 Å².